The molecule has 8 heteroatoms. The van der Waals surface area contributed by atoms with E-state index in [0.29, 0.717) is 24.9 Å². The van der Waals surface area contributed by atoms with E-state index in [1.165, 1.54) is 12.3 Å². The van der Waals surface area contributed by atoms with Crippen LogP contribution in [-0.2, 0) is 4.74 Å². The topological polar surface area (TPSA) is 103 Å². The first-order valence-electron chi connectivity index (χ1n) is 7.77. The summed E-state index contributed by atoms with van der Waals surface area (Å²) in [6.45, 7) is 5.30. The van der Waals surface area contributed by atoms with Crippen molar-refractivity contribution in [2.24, 2.45) is 5.92 Å². The van der Waals surface area contributed by atoms with E-state index in [1.807, 2.05) is 13.8 Å². The summed E-state index contributed by atoms with van der Waals surface area (Å²) in [6, 6.07) is 1.16. The number of hydrogen-bond acceptors (Lipinski definition) is 7. The number of rotatable bonds is 5. The van der Waals surface area contributed by atoms with Gasteiger partial charge in [0, 0.05) is 25.2 Å². The Morgan fingerprint density at radius 1 is 1.30 bits per heavy atom. The number of amides is 1. The third kappa shape index (κ3) is 3.58. The molecule has 1 N–H and O–H groups in total. The van der Waals surface area contributed by atoms with Crippen molar-refractivity contribution < 1.29 is 18.6 Å². The number of carbonyl (C=O) groups excluding carboxylic acids is 1. The minimum absolute atomic E-state index is 0.161. The van der Waals surface area contributed by atoms with Crippen molar-refractivity contribution in [2.75, 3.05) is 13.2 Å². The molecule has 0 spiro atoms. The second-order valence-electron chi connectivity index (χ2n) is 5.93. The third-order valence-corrected chi connectivity index (χ3v) is 3.93. The Bertz CT molecular complexity index is 632. The Morgan fingerprint density at radius 3 is 2.70 bits per heavy atom. The summed E-state index contributed by atoms with van der Waals surface area (Å²) < 4.78 is 15.5. The van der Waals surface area contributed by atoms with Crippen LogP contribution in [0.5, 0.6) is 0 Å². The van der Waals surface area contributed by atoms with Gasteiger partial charge in [0.1, 0.15) is 12.3 Å². The molecule has 2 aromatic rings. The van der Waals surface area contributed by atoms with E-state index in [4.69, 9.17) is 13.8 Å². The highest BCUT2D eigenvalue weighted by Gasteiger charge is 2.32. The number of nitrogens with zero attached hydrogens (tertiary/aromatic N) is 3. The monoisotopic (exact) mass is 320 g/mol. The molecule has 1 amide bonds. The van der Waals surface area contributed by atoms with Crippen molar-refractivity contribution in [3.05, 3.63) is 29.7 Å². The predicted octanol–water partition coefficient (Wildman–Crippen LogP) is 2.08. The first kappa shape index (κ1) is 15.7. The molecule has 3 rings (SSSR count). The van der Waals surface area contributed by atoms with Crippen LogP contribution in [0.2, 0.25) is 0 Å². The largest absolute Gasteiger partial charge is 0.381 e. The number of aromatic nitrogens is 3. The van der Waals surface area contributed by atoms with Gasteiger partial charge in [-0.3, -0.25) is 4.79 Å². The van der Waals surface area contributed by atoms with Crippen molar-refractivity contribution in [3.63, 3.8) is 0 Å². The van der Waals surface area contributed by atoms with Crippen LogP contribution in [-0.4, -0.2) is 34.4 Å². The van der Waals surface area contributed by atoms with E-state index in [9.17, 15) is 4.79 Å². The fraction of sp³-hybridized carbons (Fsp3) is 0.600. The average Bonchev–Trinajstić information content (AvgIpc) is 3.24. The average molecular weight is 320 g/mol. The summed E-state index contributed by atoms with van der Waals surface area (Å²) in [4.78, 5) is 16.8. The van der Waals surface area contributed by atoms with Gasteiger partial charge in [-0.1, -0.05) is 24.2 Å². The molecule has 0 saturated carbocycles. The van der Waals surface area contributed by atoms with Gasteiger partial charge in [-0.05, 0) is 18.8 Å². The molecule has 124 valence electrons. The molecule has 1 saturated heterocycles. The molecule has 23 heavy (non-hydrogen) atoms. The summed E-state index contributed by atoms with van der Waals surface area (Å²) in [5.41, 5.74) is 0.227. The lowest BCUT2D eigenvalue weighted by atomic mass is 9.91. The molecular formula is C15H20N4O4. The molecule has 1 atom stereocenters. The number of ether oxygens (including phenoxy) is 1. The normalized spacial score (nSPS) is 17.3. The van der Waals surface area contributed by atoms with Crippen molar-refractivity contribution in [1.82, 2.24) is 20.6 Å². The van der Waals surface area contributed by atoms with E-state index in [2.05, 4.69) is 20.6 Å². The van der Waals surface area contributed by atoms with Crippen molar-refractivity contribution >= 4 is 5.91 Å². The quantitative estimate of drug-likeness (QED) is 0.899. The minimum atomic E-state index is -0.358. The number of hydrogen-bond donors (Lipinski definition) is 1. The maximum absolute atomic E-state index is 12.3. The minimum Gasteiger partial charge on any atom is -0.381 e. The SMILES string of the molecule is CC(C)c1noc(C(NC(=O)c2ccon2)C2CCOCC2)n1. The van der Waals surface area contributed by atoms with E-state index in [1.54, 1.807) is 0 Å². The Hall–Kier alpha value is -2.22. The molecule has 0 aliphatic carbocycles. The van der Waals surface area contributed by atoms with Gasteiger partial charge in [-0.15, -0.1) is 0 Å². The molecule has 1 unspecified atom stereocenters. The van der Waals surface area contributed by atoms with E-state index < -0.39 is 0 Å². The van der Waals surface area contributed by atoms with Gasteiger partial charge in [0.25, 0.3) is 5.91 Å². The summed E-state index contributed by atoms with van der Waals surface area (Å²) in [5, 5.41) is 10.6. The Labute approximate surface area is 133 Å². The molecule has 0 radical (unpaired) electrons. The van der Waals surface area contributed by atoms with Crippen LogP contribution in [0.15, 0.2) is 21.4 Å². The van der Waals surface area contributed by atoms with Gasteiger partial charge in [-0.25, -0.2) is 0 Å². The van der Waals surface area contributed by atoms with Crippen molar-refractivity contribution in [2.45, 2.75) is 38.6 Å². The predicted molar refractivity (Wildman–Crippen MR) is 78.6 cm³/mol. The van der Waals surface area contributed by atoms with Crippen LogP contribution in [0.3, 0.4) is 0 Å². The first-order valence-corrected chi connectivity index (χ1v) is 7.77. The molecule has 0 bridgehead atoms. The molecule has 1 fully saturated rings. The third-order valence-electron chi connectivity index (χ3n) is 3.93. The van der Waals surface area contributed by atoms with Crippen LogP contribution in [0, 0.1) is 5.92 Å². The lowest BCUT2D eigenvalue weighted by molar-refractivity contribution is 0.0466. The van der Waals surface area contributed by atoms with Gasteiger partial charge in [0.2, 0.25) is 5.89 Å². The molecule has 1 aliphatic rings. The highest BCUT2D eigenvalue weighted by Crippen LogP contribution is 2.30. The van der Waals surface area contributed by atoms with E-state index in [-0.39, 0.29) is 29.5 Å². The number of carbonyl (C=O) groups is 1. The van der Waals surface area contributed by atoms with Crippen molar-refractivity contribution in [1.29, 1.82) is 0 Å². The maximum atomic E-state index is 12.3. The van der Waals surface area contributed by atoms with Gasteiger partial charge in [0.15, 0.2) is 11.5 Å². The summed E-state index contributed by atoms with van der Waals surface area (Å²) >= 11 is 0. The molecule has 8 nitrogen and oxygen atoms in total. The van der Waals surface area contributed by atoms with Gasteiger partial charge >= 0.3 is 0 Å². The molecule has 0 aromatic carbocycles. The molecule has 3 heterocycles. The highest BCUT2D eigenvalue weighted by atomic mass is 16.5. The second-order valence-corrected chi connectivity index (χ2v) is 5.93. The fourth-order valence-electron chi connectivity index (χ4n) is 2.58. The Balaban J connectivity index is 1.81. The standard InChI is InChI=1S/C15H20N4O4/c1-9(2)13-17-15(23-19-13)12(10-3-6-21-7-4-10)16-14(20)11-5-8-22-18-11/h5,8-10,12H,3-4,6-7H2,1-2H3,(H,16,20). The van der Waals surface area contributed by atoms with Gasteiger partial charge in [-0.2, -0.15) is 4.98 Å². The second kappa shape index (κ2) is 6.91. The van der Waals surface area contributed by atoms with Crippen molar-refractivity contribution in [3.8, 4) is 0 Å². The van der Waals surface area contributed by atoms with E-state index in [0.717, 1.165) is 12.8 Å². The summed E-state index contributed by atoms with van der Waals surface area (Å²) in [5.74, 6) is 1.08. The molecular weight excluding hydrogens is 300 g/mol. The van der Waals surface area contributed by atoms with Crippen LogP contribution in [0.25, 0.3) is 0 Å². The summed E-state index contributed by atoms with van der Waals surface area (Å²) in [7, 11) is 0. The lowest BCUT2D eigenvalue weighted by Gasteiger charge is -2.28. The zero-order valence-corrected chi connectivity index (χ0v) is 13.2. The van der Waals surface area contributed by atoms with Gasteiger partial charge in [0.05, 0.1) is 0 Å². The zero-order valence-electron chi connectivity index (χ0n) is 13.2. The summed E-state index contributed by atoms with van der Waals surface area (Å²) in [6.07, 6.45) is 3.01. The fourth-order valence-corrected chi connectivity index (χ4v) is 2.58. The Morgan fingerprint density at radius 2 is 2.09 bits per heavy atom. The highest BCUT2D eigenvalue weighted by molar-refractivity contribution is 5.92. The van der Waals surface area contributed by atoms with Crippen LogP contribution >= 0.6 is 0 Å². The van der Waals surface area contributed by atoms with E-state index >= 15 is 0 Å². The van der Waals surface area contributed by atoms with Crippen LogP contribution in [0.4, 0.5) is 0 Å². The Kier molecular flexibility index (Phi) is 4.71. The van der Waals surface area contributed by atoms with Gasteiger partial charge < -0.3 is 19.1 Å². The van der Waals surface area contributed by atoms with Crippen LogP contribution < -0.4 is 5.32 Å². The molecule has 2 aromatic heterocycles. The lowest BCUT2D eigenvalue weighted by Crippen LogP contribution is -2.36. The smallest absolute Gasteiger partial charge is 0.274 e. The van der Waals surface area contributed by atoms with Crippen LogP contribution in [0.1, 0.15) is 60.9 Å². The first-order chi connectivity index (χ1) is 11.1. The zero-order chi connectivity index (χ0) is 16.2. The number of nitrogens with one attached hydrogen (secondary N) is 1. The molecule has 1 aliphatic heterocycles. The maximum Gasteiger partial charge on any atom is 0.274 e.